The van der Waals surface area contributed by atoms with Crippen molar-refractivity contribution < 1.29 is 14.3 Å². The van der Waals surface area contributed by atoms with Crippen LogP contribution >= 0.6 is 24.2 Å². The molecular formula is C21H27ClN2O3S. The predicted octanol–water partition coefficient (Wildman–Crippen LogP) is 3.78. The van der Waals surface area contributed by atoms with Crippen molar-refractivity contribution in [1.82, 2.24) is 10.2 Å². The largest absolute Gasteiger partial charge is 0.497 e. The number of hydrogen-bond donors (Lipinski definition) is 1. The highest BCUT2D eigenvalue weighted by atomic mass is 35.5. The van der Waals surface area contributed by atoms with Crippen molar-refractivity contribution in [3.63, 3.8) is 0 Å². The Balaban J connectivity index is 0.00000280. The van der Waals surface area contributed by atoms with Crippen LogP contribution in [0.1, 0.15) is 18.0 Å². The van der Waals surface area contributed by atoms with Gasteiger partial charge in [0.25, 0.3) is 0 Å². The number of carbonyl (C=O) groups is 1. The molecule has 0 radical (unpaired) electrons. The zero-order valence-corrected chi connectivity index (χ0v) is 17.9. The van der Waals surface area contributed by atoms with Crippen molar-refractivity contribution in [2.45, 2.75) is 17.4 Å². The molecule has 3 rings (SSSR count). The average molecular weight is 423 g/mol. The fraction of sp³-hybridized carbons (Fsp3) is 0.381. The number of thioether (sulfide) groups is 1. The zero-order chi connectivity index (χ0) is 19.1. The lowest BCUT2D eigenvalue weighted by Crippen LogP contribution is -2.48. The molecule has 1 aliphatic heterocycles. The molecule has 1 atom stereocenters. The van der Waals surface area contributed by atoms with Gasteiger partial charge in [-0.2, -0.15) is 0 Å². The lowest BCUT2D eigenvalue weighted by Gasteiger charge is -2.37. The highest BCUT2D eigenvalue weighted by Gasteiger charge is 2.29. The molecule has 28 heavy (non-hydrogen) atoms. The molecule has 152 valence electrons. The lowest BCUT2D eigenvalue weighted by molar-refractivity contribution is -0.134. The fourth-order valence-electron chi connectivity index (χ4n) is 3.29. The predicted molar refractivity (Wildman–Crippen MR) is 116 cm³/mol. The number of ether oxygens (including phenoxy) is 2. The Bertz CT molecular complexity index is 758. The van der Waals surface area contributed by atoms with Crippen LogP contribution in [-0.4, -0.2) is 50.4 Å². The number of benzene rings is 2. The molecule has 1 aliphatic rings. The standard InChI is InChI=1S/C21H26N2O3S.ClH/c1-25-16-7-9-17(10-8-16)27-14-11-21(24)23-13-12-22-15-19(23)18-5-3-4-6-20(18)26-2;/h3-10,19,22H,11-15H2,1-2H3;1H. The van der Waals surface area contributed by atoms with Gasteiger partial charge in [0, 0.05) is 42.3 Å². The van der Waals surface area contributed by atoms with Gasteiger partial charge in [0.2, 0.25) is 5.91 Å². The maximum atomic E-state index is 12.9. The van der Waals surface area contributed by atoms with E-state index in [0.29, 0.717) is 6.42 Å². The first kappa shape index (κ1) is 22.4. The highest BCUT2D eigenvalue weighted by molar-refractivity contribution is 7.99. The molecule has 0 aliphatic carbocycles. The van der Waals surface area contributed by atoms with Gasteiger partial charge in [-0.3, -0.25) is 4.79 Å². The molecule has 7 heteroatoms. The number of methoxy groups -OCH3 is 2. The third-order valence-corrected chi connectivity index (χ3v) is 5.72. The van der Waals surface area contributed by atoms with E-state index in [9.17, 15) is 4.79 Å². The van der Waals surface area contributed by atoms with E-state index in [1.54, 1.807) is 26.0 Å². The first-order valence-corrected chi connectivity index (χ1v) is 10.1. The van der Waals surface area contributed by atoms with E-state index in [1.165, 1.54) is 0 Å². The Morgan fingerprint density at radius 2 is 1.89 bits per heavy atom. The summed E-state index contributed by atoms with van der Waals surface area (Å²) in [5.74, 6) is 2.62. The summed E-state index contributed by atoms with van der Waals surface area (Å²) in [5, 5.41) is 3.40. The number of carbonyl (C=O) groups excluding carboxylic acids is 1. The van der Waals surface area contributed by atoms with Crippen LogP contribution < -0.4 is 14.8 Å². The molecule has 0 aromatic heterocycles. The van der Waals surface area contributed by atoms with Gasteiger partial charge in [-0.05, 0) is 30.3 Å². The summed E-state index contributed by atoms with van der Waals surface area (Å²) in [6, 6.07) is 15.9. The van der Waals surface area contributed by atoms with Crippen molar-refractivity contribution in [3.8, 4) is 11.5 Å². The van der Waals surface area contributed by atoms with Gasteiger partial charge in [0.15, 0.2) is 0 Å². The molecule has 0 spiro atoms. The number of para-hydroxylation sites is 1. The van der Waals surface area contributed by atoms with Gasteiger partial charge in [0.1, 0.15) is 11.5 Å². The van der Waals surface area contributed by atoms with E-state index < -0.39 is 0 Å². The van der Waals surface area contributed by atoms with E-state index in [0.717, 1.165) is 47.3 Å². The average Bonchev–Trinajstić information content (AvgIpc) is 2.74. The van der Waals surface area contributed by atoms with Gasteiger partial charge >= 0.3 is 0 Å². The molecule has 5 nitrogen and oxygen atoms in total. The quantitative estimate of drug-likeness (QED) is 0.688. The summed E-state index contributed by atoms with van der Waals surface area (Å²) >= 11 is 1.69. The molecule has 2 aromatic rings. The van der Waals surface area contributed by atoms with Gasteiger partial charge in [-0.1, -0.05) is 18.2 Å². The number of amides is 1. The molecule has 1 saturated heterocycles. The Labute approximate surface area is 177 Å². The highest BCUT2D eigenvalue weighted by Crippen LogP contribution is 2.31. The van der Waals surface area contributed by atoms with Gasteiger partial charge in [-0.15, -0.1) is 24.2 Å². The minimum Gasteiger partial charge on any atom is -0.497 e. The minimum atomic E-state index is 0. The second-order valence-electron chi connectivity index (χ2n) is 6.32. The topological polar surface area (TPSA) is 50.8 Å². The molecule has 1 amide bonds. The van der Waals surface area contributed by atoms with Crippen LogP contribution in [0.3, 0.4) is 0 Å². The van der Waals surface area contributed by atoms with Gasteiger partial charge in [0.05, 0.1) is 20.3 Å². The summed E-state index contributed by atoms with van der Waals surface area (Å²) in [5.41, 5.74) is 1.06. The third-order valence-electron chi connectivity index (χ3n) is 4.71. The second-order valence-corrected chi connectivity index (χ2v) is 7.49. The maximum absolute atomic E-state index is 12.9. The van der Waals surface area contributed by atoms with Crippen LogP contribution in [-0.2, 0) is 4.79 Å². The smallest absolute Gasteiger partial charge is 0.224 e. The fourth-order valence-corrected chi connectivity index (χ4v) is 4.14. The Morgan fingerprint density at radius 3 is 2.61 bits per heavy atom. The number of piperazine rings is 1. The zero-order valence-electron chi connectivity index (χ0n) is 16.2. The number of hydrogen-bond acceptors (Lipinski definition) is 5. The van der Waals surface area contributed by atoms with Crippen molar-refractivity contribution in [2.75, 3.05) is 39.6 Å². The van der Waals surface area contributed by atoms with Crippen LogP contribution in [0.4, 0.5) is 0 Å². The molecule has 1 unspecified atom stereocenters. The second kappa shape index (κ2) is 11.2. The molecule has 1 fully saturated rings. The Hall–Kier alpha value is -1.89. The summed E-state index contributed by atoms with van der Waals surface area (Å²) in [4.78, 5) is 16.0. The van der Waals surface area contributed by atoms with E-state index in [1.807, 2.05) is 53.4 Å². The van der Waals surface area contributed by atoms with E-state index >= 15 is 0 Å². The summed E-state index contributed by atoms with van der Waals surface area (Å²) in [6.45, 7) is 2.29. The van der Waals surface area contributed by atoms with Crippen molar-refractivity contribution >= 4 is 30.1 Å². The van der Waals surface area contributed by atoms with Gasteiger partial charge < -0.3 is 19.7 Å². The van der Waals surface area contributed by atoms with Crippen molar-refractivity contribution in [1.29, 1.82) is 0 Å². The molecule has 1 N–H and O–H groups in total. The normalized spacial score (nSPS) is 16.2. The summed E-state index contributed by atoms with van der Waals surface area (Å²) in [7, 11) is 3.33. The van der Waals surface area contributed by atoms with Crippen LogP contribution in [0.25, 0.3) is 0 Å². The van der Waals surface area contributed by atoms with Crippen molar-refractivity contribution in [3.05, 3.63) is 54.1 Å². The van der Waals surface area contributed by atoms with E-state index in [2.05, 4.69) is 5.32 Å². The first-order valence-electron chi connectivity index (χ1n) is 9.13. The third kappa shape index (κ3) is 5.56. The SMILES string of the molecule is COc1ccc(SCCC(=O)N2CCNCC2c2ccccc2OC)cc1.Cl. The maximum Gasteiger partial charge on any atom is 0.224 e. The van der Waals surface area contributed by atoms with Crippen LogP contribution in [0, 0.1) is 0 Å². The lowest BCUT2D eigenvalue weighted by atomic mass is 10.0. The summed E-state index contributed by atoms with van der Waals surface area (Å²) in [6.07, 6.45) is 0.516. The molecular weight excluding hydrogens is 396 g/mol. The monoisotopic (exact) mass is 422 g/mol. The number of halogens is 1. The number of nitrogens with zero attached hydrogens (tertiary/aromatic N) is 1. The van der Waals surface area contributed by atoms with E-state index in [4.69, 9.17) is 9.47 Å². The van der Waals surface area contributed by atoms with Crippen molar-refractivity contribution in [2.24, 2.45) is 0 Å². The summed E-state index contributed by atoms with van der Waals surface area (Å²) < 4.78 is 10.7. The van der Waals surface area contributed by atoms with Crippen LogP contribution in [0.2, 0.25) is 0 Å². The van der Waals surface area contributed by atoms with Crippen LogP contribution in [0.5, 0.6) is 11.5 Å². The van der Waals surface area contributed by atoms with Crippen LogP contribution in [0.15, 0.2) is 53.4 Å². The van der Waals surface area contributed by atoms with E-state index in [-0.39, 0.29) is 24.4 Å². The number of rotatable bonds is 7. The molecule has 2 aromatic carbocycles. The Morgan fingerprint density at radius 1 is 1.14 bits per heavy atom. The minimum absolute atomic E-state index is 0. The van der Waals surface area contributed by atoms with Gasteiger partial charge in [-0.25, -0.2) is 0 Å². The molecule has 0 saturated carbocycles. The molecule has 0 bridgehead atoms. The Kier molecular flexibility index (Phi) is 8.96. The number of nitrogens with one attached hydrogen (secondary N) is 1. The first-order chi connectivity index (χ1) is 13.2. The molecule has 1 heterocycles.